The Morgan fingerprint density at radius 3 is 2.22 bits per heavy atom. The monoisotopic (exact) mass is 313 g/mol. The van der Waals surface area contributed by atoms with Crippen LogP contribution < -0.4 is 21.5 Å². The summed E-state index contributed by atoms with van der Waals surface area (Å²) < 4.78 is 5.66. The van der Waals surface area contributed by atoms with Gasteiger partial charge in [0.05, 0.1) is 6.04 Å². The van der Waals surface area contributed by atoms with E-state index < -0.39 is 11.9 Å². The maximum absolute atomic E-state index is 11.9. The fourth-order valence-corrected chi connectivity index (χ4v) is 1.89. The van der Waals surface area contributed by atoms with E-state index in [0.29, 0.717) is 11.4 Å². The van der Waals surface area contributed by atoms with Crippen LogP contribution in [0.1, 0.15) is 12.8 Å². The van der Waals surface area contributed by atoms with E-state index in [1.807, 2.05) is 30.3 Å². The van der Waals surface area contributed by atoms with Crippen LogP contribution in [0.25, 0.3) is 0 Å². The molecule has 1 atom stereocenters. The highest BCUT2D eigenvalue weighted by Crippen LogP contribution is 2.22. The Balaban J connectivity index is 1.89. The molecular weight excluding hydrogens is 294 g/mol. The molecule has 0 spiro atoms. The highest BCUT2D eigenvalue weighted by atomic mass is 16.5. The molecule has 0 bridgehead atoms. The lowest BCUT2D eigenvalue weighted by molar-refractivity contribution is -0.119. The fourth-order valence-electron chi connectivity index (χ4n) is 1.89. The summed E-state index contributed by atoms with van der Waals surface area (Å²) in [7, 11) is 0. The van der Waals surface area contributed by atoms with Crippen LogP contribution in [0.2, 0.25) is 0 Å². The molecule has 0 aliphatic rings. The smallest absolute Gasteiger partial charge is 0.241 e. The lowest BCUT2D eigenvalue weighted by Gasteiger charge is -2.12. The number of para-hydroxylation sites is 1. The van der Waals surface area contributed by atoms with Gasteiger partial charge in [-0.2, -0.15) is 0 Å². The van der Waals surface area contributed by atoms with E-state index in [4.69, 9.17) is 16.2 Å². The summed E-state index contributed by atoms with van der Waals surface area (Å²) in [5, 5.41) is 2.68. The summed E-state index contributed by atoms with van der Waals surface area (Å²) in [4.78, 5) is 22.6. The Hall–Kier alpha value is -2.86. The van der Waals surface area contributed by atoms with Crippen LogP contribution in [-0.2, 0) is 9.59 Å². The predicted octanol–water partition coefficient (Wildman–Crippen LogP) is 2.01. The van der Waals surface area contributed by atoms with E-state index in [0.717, 1.165) is 5.75 Å². The third-order valence-electron chi connectivity index (χ3n) is 3.14. The molecular formula is C17H19N3O3. The van der Waals surface area contributed by atoms with Crippen LogP contribution in [-0.4, -0.2) is 17.9 Å². The van der Waals surface area contributed by atoms with Gasteiger partial charge in [0, 0.05) is 12.1 Å². The van der Waals surface area contributed by atoms with Gasteiger partial charge in [-0.1, -0.05) is 18.2 Å². The molecule has 0 aliphatic heterocycles. The number of carbonyl (C=O) groups is 2. The van der Waals surface area contributed by atoms with Crippen molar-refractivity contribution in [2.45, 2.75) is 18.9 Å². The van der Waals surface area contributed by atoms with Crippen LogP contribution in [0.3, 0.4) is 0 Å². The van der Waals surface area contributed by atoms with Gasteiger partial charge < -0.3 is 21.5 Å². The van der Waals surface area contributed by atoms with Crippen molar-refractivity contribution < 1.29 is 14.3 Å². The van der Waals surface area contributed by atoms with Crippen molar-refractivity contribution in [1.29, 1.82) is 0 Å². The highest BCUT2D eigenvalue weighted by Gasteiger charge is 2.14. The van der Waals surface area contributed by atoms with Gasteiger partial charge in [-0.05, 0) is 42.8 Å². The molecule has 0 unspecified atom stereocenters. The summed E-state index contributed by atoms with van der Waals surface area (Å²) in [6.45, 7) is 0. The zero-order valence-corrected chi connectivity index (χ0v) is 12.6. The quantitative estimate of drug-likeness (QED) is 0.726. The van der Waals surface area contributed by atoms with Crippen molar-refractivity contribution in [3.05, 3.63) is 54.6 Å². The molecule has 6 heteroatoms. The molecule has 0 saturated heterocycles. The molecule has 120 valence electrons. The van der Waals surface area contributed by atoms with Gasteiger partial charge in [0.25, 0.3) is 0 Å². The van der Waals surface area contributed by atoms with Crippen molar-refractivity contribution in [1.82, 2.24) is 0 Å². The van der Waals surface area contributed by atoms with Crippen LogP contribution in [0.15, 0.2) is 54.6 Å². The Labute approximate surface area is 134 Å². The van der Waals surface area contributed by atoms with Gasteiger partial charge in [0.15, 0.2) is 0 Å². The zero-order valence-electron chi connectivity index (χ0n) is 12.6. The Kier molecular flexibility index (Phi) is 5.71. The predicted molar refractivity (Wildman–Crippen MR) is 88.0 cm³/mol. The number of primary amides is 1. The number of nitrogens with one attached hydrogen (secondary N) is 1. The van der Waals surface area contributed by atoms with Crippen LogP contribution in [0, 0.1) is 0 Å². The third-order valence-corrected chi connectivity index (χ3v) is 3.14. The molecule has 0 saturated carbocycles. The molecule has 2 aromatic rings. The number of carbonyl (C=O) groups excluding carboxylic acids is 2. The number of hydrogen-bond acceptors (Lipinski definition) is 4. The molecule has 2 aromatic carbocycles. The second-order valence-corrected chi connectivity index (χ2v) is 5.04. The van der Waals surface area contributed by atoms with Gasteiger partial charge in [-0.25, -0.2) is 0 Å². The van der Waals surface area contributed by atoms with Gasteiger partial charge in [0.1, 0.15) is 11.5 Å². The zero-order chi connectivity index (χ0) is 16.7. The fraction of sp³-hybridized carbons (Fsp3) is 0.176. The van der Waals surface area contributed by atoms with E-state index in [-0.39, 0.29) is 18.7 Å². The van der Waals surface area contributed by atoms with Crippen molar-refractivity contribution in [2.24, 2.45) is 11.5 Å². The average molecular weight is 313 g/mol. The molecule has 2 rings (SSSR count). The minimum Gasteiger partial charge on any atom is -0.457 e. The summed E-state index contributed by atoms with van der Waals surface area (Å²) in [5.41, 5.74) is 11.3. The molecule has 5 N–H and O–H groups in total. The van der Waals surface area contributed by atoms with Crippen molar-refractivity contribution in [3.63, 3.8) is 0 Å². The molecule has 0 aromatic heterocycles. The minimum absolute atomic E-state index is 0.0818. The number of ether oxygens (including phenoxy) is 1. The maximum atomic E-state index is 11.9. The van der Waals surface area contributed by atoms with Gasteiger partial charge >= 0.3 is 0 Å². The summed E-state index contributed by atoms with van der Waals surface area (Å²) in [6.07, 6.45) is 0.300. The Morgan fingerprint density at radius 1 is 1.00 bits per heavy atom. The Morgan fingerprint density at radius 2 is 1.61 bits per heavy atom. The number of anilines is 1. The first kappa shape index (κ1) is 16.5. The third kappa shape index (κ3) is 5.44. The second-order valence-electron chi connectivity index (χ2n) is 5.04. The van der Waals surface area contributed by atoms with E-state index in [1.165, 1.54) is 0 Å². The maximum Gasteiger partial charge on any atom is 0.241 e. The van der Waals surface area contributed by atoms with Crippen molar-refractivity contribution in [3.8, 4) is 11.5 Å². The van der Waals surface area contributed by atoms with E-state index in [9.17, 15) is 9.59 Å². The number of amides is 2. The summed E-state index contributed by atoms with van der Waals surface area (Å²) in [5.74, 6) is 0.559. The first-order valence-electron chi connectivity index (χ1n) is 7.22. The first-order valence-corrected chi connectivity index (χ1v) is 7.22. The van der Waals surface area contributed by atoms with Crippen molar-refractivity contribution >= 4 is 17.5 Å². The van der Waals surface area contributed by atoms with E-state index in [2.05, 4.69) is 5.32 Å². The van der Waals surface area contributed by atoms with E-state index in [1.54, 1.807) is 24.3 Å². The van der Waals surface area contributed by atoms with Crippen LogP contribution in [0.4, 0.5) is 5.69 Å². The number of nitrogens with two attached hydrogens (primary N) is 2. The Bertz CT molecular complexity index is 657. The second kappa shape index (κ2) is 7.95. The standard InChI is InChI=1S/C17H19N3O3/c18-15(10-11-16(19)21)17(22)20-12-6-8-14(9-7-12)23-13-4-2-1-3-5-13/h1-9,15H,10-11,18H2,(H2,19,21)(H,20,22)/t15-/m1/s1. The lowest BCUT2D eigenvalue weighted by atomic mass is 10.1. The molecule has 0 radical (unpaired) electrons. The number of benzene rings is 2. The largest absolute Gasteiger partial charge is 0.457 e. The normalized spacial score (nSPS) is 11.5. The SMILES string of the molecule is NC(=O)CC[C@@H](N)C(=O)Nc1ccc(Oc2ccccc2)cc1. The number of rotatable bonds is 7. The molecule has 0 aliphatic carbocycles. The average Bonchev–Trinajstić information content (AvgIpc) is 2.55. The summed E-state index contributed by atoms with van der Waals surface area (Å²) >= 11 is 0. The number of hydrogen-bond donors (Lipinski definition) is 3. The van der Waals surface area contributed by atoms with Crippen LogP contribution >= 0.6 is 0 Å². The molecule has 23 heavy (non-hydrogen) atoms. The van der Waals surface area contributed by atoms with Gasteiger partial charge in [0.2, 0.25) is 11.8 Å². The minimum atomic E-state index is -0.775. The van der Waals surface area contributed by atoms with E-state index >= 15 is 0 Å². The van der Waals surface area contributed by atoms with Gasteiger partial charge in [-0.3, -0.25) is 9.59 Å². The molecule has 2 amide bonds. The highest BCUT2D eigenvalue weighted by molar-refractivity contribution is 5.95. The van der Waals surface area contributed by atoms with Gasteiger partial charge in [-0.15, -0.1) is 0 Å². The summed E-state index contributed by atoms with van der Waals surface area (Å²) in [6, 6.07) is 15.5. The lowest BCUT2D eigenvalue weighted by Crippen LogP contribution is -2.36. The molecule has 0 fully saturated rings. The van der Waals surface area contributed by atoms with Crippen molar-refractivity contribution in [2.75, 3.05) is 5.32 Å². The topological polar surface area (TPSA) is 107 Å². The van der Waals surface area contributed by atoms with Crippen LogP contribution in [0.5, 0.6) is 11.5 Å². The first-order chi connectivity index (χ1) is 11.0. The molecule has 6 nitrogen and oxygen atoms in total. The molecule has 0 heterocycles.